The van der Waals surface area contributed by atoms with Gasteiger partial charge in [0.15, 0.2) is 0 Å². The molecule has 0 amide bonds. The summed E-state index contributed by atoms with van der Waals surface area (Å²) in [5, 5.41) is 12.6. The SMILES string of the molecule is COCC(NC1CCC(C(=O)O)CC1)C1CC1. The van der Waals surface area contributed by atoms with Gasteiger partial charge in [0.1, 0.15) is 0 Å². The number of carbonyl (C=O) groups is 1. The molecule has 4 heteroatoms. The average Bonchev–Trinajstić information content (AvgIpc) is 3.13. The Balaban J connectivity index is 1.74. The molecule has 4 nitrogen and oxygen atoms in total. The van der Waals surface area contributed by atoms with Crippen LogP contribution in [0.1, 0.15) is 38.5 Å². The Morgan fingerprint density at radius 1 is 1.29 bits per heavy atom. The van der Waals surface area contributed by atoms with Crippen LogP contribution in [-0.4, -0.2) is 36.9 Å². The smallest absolute Gasteiger partial charge is 0.306 e. The molecule has 0 aromatic rings. The quantitative estimate of drug-likeness (QED) is 0.742. The van der Waals surface area contributed by atoms with Crippen molar-refractivity contribution in [3.05, 3.63) is 0 Å². The summed E-state index contributed by atoms with van der Waals surface area (Å²) in [5.41, 5.74) is 0. The third-order valence-electron chi connectivity index (χ3n) is 4.06. The molecule has 2 N–H and O–H groups in total. The van der Waals surface area contributed by atoms with Crippen LogP contribution in [0.15, 0.2) is 0 Å². The van der Waals surface area contributed by atoms with Crippen LogP contribution in [0.2, 0.25) is 0 Å². The summed E-state index contributed by atoms with van der Waals surface area (Å²) >= 11 is 0. The number of nitrogens with one attached hydrogen (secondary N) is 1. The molecule has 0 spiro atoms. The molecule has 0 heterocycles. The highest BCUT2D eigenvalue weighted by Gasteiger charge is 2.34. The lowest BCUT2D eigenvalue weighted by molar-refractivity contribution is -0.142. The molecule has 2 aliphatic carbocycles. The molecule has 2 aliphatic rings. The van der Waals surface area contributed by atoms with Crippen molar-refractivity contribution < 1.29 is 14.6 Å². The Morgan fingerprint density at radius 2 is 1.94 bits per heavy atom. The lowest BCUT2D eigenvalue weighted by Crippen LogP contribution is -2.44. The summed E-state index contributed by atoms with van der Waals surface area (Å²) in [6.45, 7) is 0.781. The van der Waals surface area contributed by atoms with Crippen molar-refractivity contribution in [3.63, 3.8) is 0 Å². The number of methoxy groups -OCH3 is 1. The molecule has 1 unspecified atom stereocenters. The highest BCUT2D eigenvalue weighted by molar-refractivity contribution is 5.70. The van der Waals surface area contributed by atoms with E-state index in [1.54, 1.807) is 7.11 Å². The van der Waals surface area contributed by atoms with Gasteiger partial charge in [-0.15, -0.1) is 0 Å². The van der Waals surface area contributed by atoms with E-state index >= 15 is 0 Å². The molecule has 2 fully saturated rings. The molecule has 17 heavy (non-hydrogen) atoms. The monoisotopic (exact) mass is 241 g/mol. The molecule has 0 bridgehead atoms. The number of ether oxygens (including phenoxy) is 1. The fourth-order valence-electron chi connectivity index (χ4n) is 2.81. The Bertz CT molecular complexity index is 257. The molecule has 2 rings (SSSR count). The zero-order valence-electron chi connectivity index (χ0n) is 10.5. The van der Waals surface area contributed by atoms with Crippen molar-refractivity contribution in [2.75, 3.05) is 13.7 Å². The second-order valence-electron chi connectivity index (χ2n) is 5.45. The van der Waals surface area contributed by atoms with Crippen LogP contribution in [0.5, 0.6) is 0 Å². The van der Waals surface area contributed by atoms with Crippen LogP contribution in [0.3, 0.4) is 0 Å². The summed E-state index contributed by atoms with van der Waals surface area (Å²) < 4.78 is 5.25. The summed E-state index contributed by atoms with van der Waals surface area (Å²) in [4.78, 5) is 10.9. The van der Waals surface area contributed by atoms with E-state index in [1.807, 2.05) is 0 Å². The van der Waals surface area contributed by atoms with Gasteiger partial charge in [-0.3, -0.25) is 4.79 Å². The Labute approximate surface area is 103 Å². The van der Waals surface area contributed by atoms with Crippen LogP contribution in [0, 0.1) is 11.8 Å². The van der Waals surface area contributed by atoms with Crippen LogP contribution >= 0.6 is 0 Å². The van der Waals surface area contributed by atoms with Crippen LogP contribution < -0.4 is 5.32 Å². The van der Waals surface area contributed by atoms with Crippen molar-refractivity contribution in [1.82, 2.24) is 5.32 Å². The predicted octanol–water partition coefficient (Wildman–Crippen LogP) is 1.64. The number of carboxylic acid groups (broad SMARTS) is 1. The second-order valence-corrected chi connectivity index (χ2v) is 5.45. The summed E-state index contributed by atoms with van der Waals surface area (Å²) in [6.07, 6.45) is 6.24. The minimum Gasteiger partial charge on any atom is -0.481 e. The minimum atomic E-state index is -0.626. The highest BCUT2D eigenvalue weighted by atomic mass is 16.5. The van der Waals surface area contributed by atoms with Gasteiger partial charge in [0.2, 0.25) is 0 Å². The third kappa shape index (κ3) is 3.68. The van der Waals surface area contributed by atoms with Crippen molar-refractivity contribution in [2.45, 2.75) is 50.6 Å². The number of rotatable bonds is 6. The lowest BCUT2D eigenvalue weighted by atomic mass is 9.85. The molecule has 0 aliphatic heterocycles. The number of hydrogen-bond donors (Lipinski definition) is 2. The molecule has 1 atom stereocenters. The van der Waals surface area contributed by atoms with Crippen LogP contribution in [0.4, 0.5) is 0 Å². The number of aliphatic carboxylic acids is 1. The molecular formula is C13H23NO3. The van der Waals surface area contributed by atoms with E-state index in [2.05, 4.69) is 5.32 Å². The van der Waals surface area contributed by atoms with E-state index in [0.29, 0.717) is 12.1 Å². The van der Waals surface area contributed by atoms with Crippen LogP contribution in [-0.2, 0) is 9.53 Å². The normalized spacial score (nSPS) is 31.1. The van der Waals surface area contributed by atoms with E-state index in [0.717, 1.165) is 38.2 Å². The van der Waals surface area contributed by atoms with Gasteiger partial charge in [0.05, 0.1) is 12.5 Å². The van der Waals surface area contributed by atoms with Gasteiger partial charge in [0.25, 0.3) is 0 Å². The fourth-order valence-corrected chi connectivity index (χ4v) is 2.81. The van der Waals surface area contributed by atoms with Gasteiger partial charge in [-0.25, -0.2) is 0 Å². The second kappa shape index (κ2) is 5.83. The van der Waals surface area contributed by atoms with Gasteiger partial charge in [-0.05, 0) is 44.4 Å². The first kappa shape index (κ1) is 12.8. The van der Waals surface area contributed by atoms with Crippen molar-refractivity contribution in [1.29, 1.82) is 0 Å². The summed E-state index contributed by atoms with van der Waals surface area (Å²) in [7, 11) is 1.75. The molecule has 98 valence electrons. The lowest BCUT2D eigenvalue weighted by Gasteiger charge is -2.30. The highest BCUT2D eigenvalue weighted by Crippen LogP contribution is 2.34. The largest absolute Gasteiger partial charge is 0.481 e. The fraction of sp³-hybridized carbons (Fsp3) is 0.923. The van der Waals surface area contributed by atoms with Gasteiger partial charge >= 0.3 is 5.97 Å². The Kier molecular flexibility index (Phi) is 4.40. The standard InChI is InChI=1S/C13H23NO3/c1-17-8-12(9-2-3-9)14-11-6-4-10(5-7-11)13(15)16/h9-12,14H,2-8H2,1H3,(H,15,16). The zero-order valence-corrected chi connectivity index (χ0v) is 10.5. The maximum absolute atomic E-state index is 10.9. The molecule has 0 aromatic heterocycles. The van der Waals surface area contributed by atoms with Gasteiger partial charge in [0, 0.05) is 19.2 Å². The van der Waals surface area contributed by atoms with Crippen molar-refractivity contribution in [2.24, 2.45) is 11.8 Å². The maximum Gasteiger partial charge on any atom is 0.306 e. The van der Waals surface area contributed by atoms with Gasteiger partial charge < -0.3 is 15.2 Å². The van der Waals surface area contributed by atoms with Gasteiger partial charge in [-0.2, -0.15) is 0 Å². The van der Waals surface area contributed by atoms with Crippen LogP contribution in [0.25, 0.3) is 0 Å². The van der Waals surface area contributed by atoms with E-state index < -0.39 is 5.97 Å². The topological polar surface area (TPSA) is 58.6 Å². The summed E-state index contributed by atoms with van der Waals surface area (Å²) in [6, 6.07) is 0.970. The first-order chi connectivity index (χ1) is 8.20. The molecule has 2 saturated carbocycles. The third-order valence-corrected chi connectivity index (χ3v) is 4.06. The Morgan fingerprint density at radius 3 is 2.41 bits per heavy atom. The van der Waals surface area contributed by atoms with E-state index in [9.17, 15) is 4.79 Å². The zero-order chi connectivity index (χ0) is 12.3. The van der Waals surface area contributed by atoms with E-state index in [4.69, 9.17) is 9.84 Å². The molecule has 0 radical (unpaired) electrons. The number of carboxylic acids is 1. The predicted molar refractivity (Wildman–Crippen MR) is 64.9 cm³/mol. The minimum absolute atomic E-state index is 0.116. The van der Waals surface area contributed by atoms with E-state index in [1.165, 1.54) is 12.8 Å². The van der Waals surface area contributed by atoms with Crippen molar-refractivity contribution >= 4 is 5.97 Å². The van der Waals surface area contributed by atoms with Crippen molar-refractivity contribution in [3.8, 4) is 0 Å². The van der Waals surface area contributed by atoms with Gasteiger partial charge in [-0.1, -0.05) is 0 Å². The first-order valence-electron chi connectivity index (χ1n) is 6.68. The average molecular weight is 241 g/mol. The first-order valence-corrected chi connectivity index (χ1v) is 6.68. The molecule has 0 saturated heterocycles. The Hall–Kier alpha value is -0.610. The molecule has 0 aromatic carbocycles. The maximum atomic E-state index is 10.9. The molecular weight excluding hydrogens is 218 g/mol. The number of hydrogen-bond acceptors (Lipinski definition) is 3. The van der Waals surface area contributed by atoms with E-state index in [-0.39, 0.29) is 5.92 Å². The summed E-state index contributed by atoms with van der Waals surface area (Å²) in [5.74, 6) is 0.0427.